The fourth-order valence-corrected chi connectivity index (χ4v) is 2.93. The normalized spacial score (nSPS) is 11.0. The minimum atomic E-state index is -0.255. The highest BCUT2D eigenvalue weighted by molar-refractivity contribution is 5.85. The molecule has 0 unspecified atom stereocenters. The van der Waals surface area contributed by atoms with Gasteiger partial charge in [0, 0.05) is 5.56 Å². The number of carbonyl (C=O) groups is 1. The highest BCUT2D eigenvalue weighted by atomic mass is 16.5. The van der Waals surface area contributed by atoms with E-state index in [0.717, 1.165) is 16.9 Å². The van der Waals surface area contributed by atoms with Gasteiger partial charge in [-0.05, 0) is 31.2 Å². The molecule has 0 saturated carbocycles. The zero-order chi connectivity index (χ0) is 20.1. The van der Waals surface area contributed by atoms with Crippen LogP contribution in [0.5, 0.6) is 17.2 Å². The Hall–Kier alpha value is -3.55. The van der Waals surface area contributed by atoms with Crippen molar-refractivity contribution >= 4 is 23.2 Å². The number of aromatic nitrogens is 2. The van der Waals surface area contributed by atoms with E-state index >= 15 is 0 Å². The molecule has 0 aliphatic heterocycles. The number of nitrogens with zero attached hydrogens (tertiary/aromatic N) is 3. The Kier molecular flexibility index (Phi) is 5.78. The maximum Gasteiger partial charge on any atom is 0.260 e. The van der Waals surface area contributed by atoms with Crippen LogP contribution in [-0.4, -0.2) is 43.0 Å². The van der Waals surface area contributed by atoms with Crippen molar-refractivity contribution in [3.05, 3.63) is 47.8 Å². The van der Waals surface area contributed by atoms with E-state index in [1.165, 1.54) is 27.5 Å². The quantitative estimate of drug-likeness (QED) is 0.501. The molecular weight excluding hydrogens is 360 g/mol. The predicted octanol–water partition coefficient (Wildman–Crippen LogP) is 2.52. The largest absolute Gasteiger partial charge is 0.493 e. The second kappa shape index (κ2) is 8.43. The molecule has 0 bridgehead atoms. The van der Waals surface area contributed by atoms with Gasteiger partial charge in [0.25, 0.3) is 5.91 Å². The van der Waals surface area contributed by atoms with Gasteiger partial charge in [-0.1, -0.05) is 12.1 Å². The number of fused-ring (bicyclic) bond motifs is 1. The molecule has 1 amide bonds. The Balaban J connectivity index is 1.72. The number of imidazole rings is 1. The van der Waals surface area contributed by atoms with Gasteiger partial charge in [0.05, 0.1) is 38.6 Å². The second-order valence-corrected chi connectivity index (χ2v) is 5.99. The van der Waals surface area contributed by atoms with E-state index in [4.69, 9.17) is 14.2 Å². The summed E-state index contributed by atoms with van der Waals surface area (Å²) in [4.78, 5) is 16.8. The van der Waals surface area contributed by atoms with Gasteiger partial charge in [0.15, 0.2) is 11.5 Å². The molecule has 2 aromatic carbocycles. The number of nitrogens with one attached hydrogen (secondary N) is 1. The van der Waals surface area contributed by atoms with Crippen LogP contribution in [0.4, 0.5) is 0 Å². The van der Waals surface area contributed by atoms with E-state index in [1.807, 2.05) is 35.8 Å². The zero-order valence-electron chi connectivity index (χ0n) is 16.2. The van der Waals surface area contributed by atoms with Gasteiger partial charge in [0.2, 0.25) is 5.75 Å². The summed E-state index contributed by atoms with van der Waals surface area (Å²) >= 11 is 0. The SMILES string of the molecule is COc1cc(/C=N/NC(=O)Cn2c(C)nc3ccccc32)cc(OC)c1OC. The summed E-state index contributed by atoms with van der Waals surface area (Å²) in [6.07, 6.45) is 1.52. The maximum atomic E-state index is 12.3. The van der Waals surface area contributed by atoms with Gasteiger partial charge < -0.3 is 18.8 Å². The Morgan fingerprint density at radius 3 is 2.46 bits per heavy atom. The van der Waals surface area contributed by atoms with Crippen LogP contribution in [0, 0.1) is 6.92 Å². The number of methoxy groups -OCH3 is 3. The second-order valence-electron chi connectivity index (χ2n) is 5.99. The summed E-state index contributed by atoms with van der Waals surface area (Å²) < 4.78 is 17.7. The van der Waals surface area contributed by atoms with Crippen molar-refractivity contribution in [3.8, 4) is 17.2 Å². The third-order valence-electron chi connectivity index (χ3n) is 4.24. The summed E-state index contributed by atoms with van der Waals surface area (Å²) in [5, 5.41) is 4.03. The summed E-state index contributed by atoms with van der Waals surface area (Å²) in [7, 11) is 4.62. The van der Waals surface area contributed by atoms with Crippen molar-refractivity contribution in [1.29, 1.82) is 0 Å². The maximum absolute atomic E-state index is 12.3. The number of ether oxygens (including phenoxy) is 3. The fourth-order valence-electron chi connectivity index (χ4n) is 2.93. The molecule has 0 spiro atoms. The number of aryl methyl sites for hydroxylation is 1. The summed E-state index contributed by atoms with van der Waals surface area (Å²) in [5.41, 5.74) is 4.99. The first-order chi connectivity index (χ1) is 13.6. The Labute approximate surface area is 162 Å². The monoisotopic (exact) mass is 382 g/mol. The van der Waals surface area contributed by atoms with Crippen LogP contribution in [0.15, 0.2) is 41.5 Å². The van der Waals surface area contributed by atoms with Gasteiger partial charge in [-0.25, -0.2) is 10.4 Å². The molecule has 0 atom stereocenters. The van der Waals surface area contributed by atoms with E-state index < -0.39 is 0 Å². The summed E-state index contributed by atoms with van der Waals surface area (Å²) in [6.45, 7) is 1.99. The van der Waals surface area contributed by atoms with Gasteiger partial charge in [0.1, 0.15) is 12.4 Å². The average molecular weight is 382 g/mol. The first kappa shape index (κ1) is 19.2. The van der Waals surface area contributed by atoms with Crippen LogP contribution in [0.3, 0.4) is 0 Å². The van der Waals surface area contributed by atoms with Gasteiger partial charge >= 0.3 is 0 Å². The molecule has 0 fully saturated rings. The van der Waals surface area contributed by atoms with Crippen LogP contribution in [0.25, 0.3) is 11.0 Å². The number of benzene rings is 2. The van der Waals surface area contributed by atoms with Crippen LogP contribution in [0.2, 0.25) is 0 Å². The predicted molar refractivity (Wildman–Crippen MR) is 106 cm³/mol. The molecule has 1 N–H and O–H groups in total. The van der Waals surface area contributed by atoms with Crippen LogP contribution in [0.1, 0.15) is 11.4 Å². The number of carbonyl (C=O) groups excluding carboxylic acids is 1. The van der Waals surface area contributed by atoms with E-state index in [9.17, 15) is 4.79 Å². The van der Waals surface area contributed by atoms with E-state index in [0.29, 0.717) is 22.8 Å². The number of amides is 1. The Bertz CT molecular complexity index is 1000. The minimum Gasteiger partial charge on any atom is -0.493 e. The smallest absolute Gasteiger partial charge is 0.260 e. The van der Waals surface area contributed by atoms with E-state index in [1.54, 1.807) is 12.1 Å². The number of hydrazone groups is 1. The summed E-state index contributed by atoms with van der Waals surface area (Å²) in [5.74, 6) is 2.03. The average Bonchev–Trinajstić information content (AvgIpc) is 3.02. The van der Waals surface area contributed by atoms with Crippen molar-refractivity contribution in [2.75, 3.05) is 21.3 Å². The third kappa shape index (κ3) is 3.90. The number of hydrogen-bond donors (Lipinski definition) is 1. The Morgan fingerprint density at radius 1 is 1.14 bits per heavy atom. The Morgan fingerprint density at radius 2 is 1.82 bits per heavy atom. The molecule has 8 nitrogen and oxygen atoms in total. The van der Waals surface area contributed by atoms with E-state index in [-0.39, 0.29) is 12.5 Å². The highest BCUT2D eigenvalue weighted by Crippen LogP contribution is 2.37. The summed E-state index contributed by atoms with van der Waals surface area (Å²) in [6, 6.07) is 11.2. The van der Waals surface area contributed by atoms with E-state index in [2.05, 4.69) is 15.5 Å². The van der Waals surface area contributed by atoms with Gasteiger partial charge in [-0.3, -0.25) is 4.79 Å². The zero-order valence-corrected chi connectivity index (χ0v) is 16.2. The molecule has 0 aliphatic carbocycles. The molecule has 8 heteroatoms. The number of rotatable bonds is 7. The van der Waals surface area contributed by atoms with Crippen LogP contribution in [-0.2, 0) is 11.3 Å². The standard InChI is InChI=1S/C20H22N4O4/c1-13-22-15-7-5-6-8-16(15)24(13)12-19(25)23-21-11-14-9-17(26-2)20(28-4)18(10-14)27-3/h5-11H,12H2,1-4H3,(H,23,25)/b21-11+. The lowest BCUT2D eigenvalue weighted by molar-refractivity contribution is -0.121. The van der Waals surface area contributed by atoms with Crippen molar-refractivity contribution in [2.45, 2.75) is 13.5 Å². The van der Waals surface area contributed by atoms with Crippen molar-refractivity contribution < 1.29 is 19.0 Å². The van der Waals surface area contributed by atoms with Crippen molar-refractivity contribution in [3.63, 3.8) is 0 Å². The lowest BCUT2D eigenvalue weighted by Gasteiger charge is -2.12. The topological polar surface area (TPSA) is 87.0 Å². The molecule has 28 heavy (non-hydrogen) atoms. The molecule has 146 valence electrons. The minimum absolute atomic E-state index is 0.124. The first-order valence-corrected chi connectivity index (χ1v) is 8.61. The lowest BCUT2D eigenvalue weighted by Crippen LogP contribution is -2.23. The molecule has 0 saturated heterocycles. The first-order valence-electron chi connectivity index (χ1n) is 8.61. The molecular formula is C20H22N4O4. The van der Waals surface area contributed by atoms with Crippen molar-refractivity contribution in [1.82, 2.24) is 15.0 Å². The molecule has 1 heterocycles. The number of hydrogen-bond acceptors (Lipinski definition) is 6. The molecule has 3 rings (SSSR count). The fraction of sp³-hybridized carbons (Fsp3) is 0.250. The molecule has 0 radical (unpaired) electrons. The third-order valence-corrected chi connectivity index (χ3v) is 4.24. The lowest BCUT2D eigenvalue weighted by atomic mass is 10.2. The van der Waals surface area contributed by atoms with Gasteiger partial charge in [-0.15, -0.1) is 0 Å². The molecule has 1 aromatic heterocycles. The molecule has 3 aromatic rings. The number of para-hydroxylation sites is 2. The molecule has 0 aliphatic rings. The highest BCUT2D eigenvalue weighted by Gasteiger charge is 2.13. The van der Waals surface area contributed by atoms with Gasteiger partial charge in [-0.2, -0.15) is 5.10 Å². The van der Waals surface area contributed by atoms with Crippen molar-refractivity contribution in [2.24, 2.45) is 5.10 Å². The van der Waals surface area contributed by atoms with Crippen LogP contribution >= 0.6 is 0 Å². The van der Waals surface area contributed by atoms with Crippen LogP contribution < -0.4 is 19.6 Å².